The molecule has 0 spiro atoms. The highest BCUT2D eigenvalue weighted by atomic mass is 35.5. The van der Waals surface area contributed by atoms with E-state index in [1.165, 1.54) is 0 Å². The normalized spacial score (nSPS) is 19.8. The van der Waals surface area contributed by atoms with E-state index < -0.39 is 0 Å². The summed E-state index contributed by atoms with van der Waals surface area (Å²) in [5.41, 5.74) is 0. The third-order valence-corrected chi connectivity index (χ3v) is 3.19. The quantitative estimate of drug-likeness (QED) is 0.901. The molecule has 1 amide bonds. The van der Waals surface area contributed by atoms with Crippen molar-refractivity contribution in [3.05, 3.63) is 29.3 Å². The molecule has 98 valence electrons. The minimum Gasteiger partial charge on any atom is -0.484 e. The van der Waals surface area contributed by atoms with Gasteiger partial charge in [-0.25, -0.2) is 0 Å². The van der Waals surface area contributed by atoms with Crippen LogP contribution in [-0.4, -0.2) is 43.6 Å². The fourth-order valence-corrected chi connectivity index (χ4v) is 2.13. The van der Waals surface area contributed by atoms with Gasteiger partial charge in [0.05, 0.1) is 0 Å². The molecule has 2 rings (SSSR count). The molecule has 18 heavy (non-hydrogen) atoms. The zero-order chi connectivity index (χ0) is 13.0. The maximum Gasteiger partial charge on any atom is 0.258 e. The standard InChI is InChI=1S/C13H17ClN2O2/c1-16-7-6-11(8-16)15-13(17)9-18-12-4-2-10(14)3-5-12/h2-5,11H,6-9H2,1H3,(H,15,17)/t11-/m0/s1. The molecule has 1 aliphatic heterocycles. The Hall–Kier alpha value is -1.26. The number of carbonyl (C=O) groups excluding carboxylic acids is 1. The van der Waals surface area contributed by atoms with Gasteiger partial charge >= 0.3 is 0 Å². The van der Waals surface area contributed by atoms with Crippen LogP contribution in [0.2, 0.25) is 5.02 Å². The predicted octanol–water partition coefficient (Wildman–Crippen LogP) is 1.54. The number of ether oxygens (including phenoxy) is 1. The van der Waals surface area contributed by atoms with Crippen molar-refractivity contribution in [2.45, 2.75) is 12.5 Å². The van der Waals surface area contributed by atoms with Gasteiger partial charge in [0.2, 0.25) is 0 Å². The molecule has 1 saturated heterocycles. The van der Waals surface area contributed by atoms with Crippen molar-refractivity contribution in [2.24, 2.45) is 0 Å². The lowest BCUT2D eigenvalue weighted by Gasteiger charge is -2.13. The van der Waals surface area contributed by atoms with Gasteiger partial charge in [-0.05, 0) is 44.3 Å². The largest absolute Gasteiger partial charge is 0.484 e. The Kier molecular flexibility index (Phi) is 4.44. The lowest BCUT2D eigenvalue weighted by Crippen LogP contribution is -2.39. The molecule has 1 aromatic rings. The molecule has 0 radical (unpaired) electrons. The van der Waals surface area contributed by atoms with Crippen LogP contribution in [0.1, 0.15) is 6.42 Å². The number of amides is 1. The predicted molar refractivity (Wildman–Crippen MR) is 71.0 cm³/mol. The van der Waals surface area contributed by atoms with E-state index >= 15 is 0 Å². The molecule has 5 heteroatoms. The van der Waals surface area contributed by atoms with E-state index in [9.17, 15) is 4.79 Å². The van der Waals surface area contributed by atoms with Crippen LogP contribution in [0.3, 0.4) is 0 Å². The van der Waals surface area contributed by atoms with Gasteiger partial charge in [-0.3, -0.25) is 4.79 Å². The van der Waals surface area contributed by atoms with Crippen LogP contribution >= 0.6 is 11.6 Å². The van der Waals surface area contributed by atoms with Crippen molar-refractivity contribution < 1.29 is 9.53 Å². The Morgan fingerprint density at radius 2 is 2.22 bits per heavy atom. The number of nitrogens with one attached hydrogen (secondary N) is 1. The molecule has 1 fully saturated rings. The molecular formula is C13H17ClN2O2. The minimum atomic E-state index is -0.0785. The monoisotopic (exact) mass is 268 g/mol. The fraction of sp³-hybridized carbons (Fsp3) is 0.462. The van der Waals surface area contributed by atoms with Crippen LogP contribution in [0.15, 0.2) is 24.3 Å². The second-order valence-electron chi connectivity index (χ2n) is 4.56. The summed E-state index contributed by atoms with van der Waals surface area (Å²) < 4.78 is 5.38. The number of hydrogen-bond acceptors (Lipinski definition) is 3. The van der Waals surface area contributed by atoms with E-state index in [1.807, 2.05) is 0 Å². The second-order valence-corrected chi connectivity index (χ2v) is 4.99. The number of rotatable bonds is 4. The molecule has 1 atom stereocenters. The Morgan fingerprint density at radius 3 is 2.83 bits per heavy atom. The molecule has 4 nitrogen and oxygen atoms in total. The summed E-state index contributed by atoms with van der Waals surface area (Å²) in [7, 11) is 2.05. The lowest BCUT2D eigenvalue weighted by atomic mass is 10.2. The van der Waals surface area contributed by atoms with E-state index in [0.29, 0.717) is 10.8 Å². The second kappa shape index (κ2) is 6.07. The number of halogens is 1. The molecule has 0 aromatic heterocycles. The molecule has 0 aliphatic carbocycles. The van der Waals surface area contributed by atoms with Crippen LogP contribution in [-0.2, 0) is 4.79 Å². The highest BCUT2D eigenvalue weighted by Gasteiger charge is 2.20. The summed E-state index contributed by atoms with van der Waals surface area (Å²) in [6.45, 7) is 1.98. The first-order valence-electron chi connectivity index (χ1n) is 6.00. The van der Waals surface area contributed by atoms with E-state index in [2.05, 4.69) is 17.3 Å². The Balaban J connectivity index is 1.73. The number of carbonyl (C=O) groups is 1. The maximum absolute atomic E-state index is 11.7. The maximum atomic E-state index is 11.7. The summed E-state index contributed by atoms with van der Waals surface area (Å²) in [5.74, 6) is 0.573. The van der Waals surface area contributed by atoms with Crippen LogP contribution in [0.5, 0.6) is 5.75 Å². The number of nitrogens with zero attached hydrogens (tertiary/aromatic N) is 1. The SMILES string of the molecule is CN1CC[C@H](NC(=O)COc2ccc(Cl)cc2)C1. The number of hydrogen-bond donors (Lipinski definition) is 1. The lowest BCUT2D eigenvalue weighted by molar-refractivity contribution is -0.123. The molecule has 0 bridgehead atoms. The summed E-state index contributed by atoms with van der Waals surface area (Å²) in [5, 5.41) is 3.61. The first-order valence-corrected chi connectivity index (χ1v) is 6.37. The summed E-state index contributed by atoms with van der Waals surface area (Å²) in [6, 6.07) is 7.22. The summed E-state index contributed by atoms with van der Waals surface area (Å²) >= 11 is 5.76. The van der Waals surface area contributed by atoms with E-state index in [4.69, 9.17) is 16.3 Å². The van der Waals surface area contributed by atoms with Crippen molar-refractivity contribution in [1.29, 1.82) is 0 Å². The van der Waals surface area contributed by atoms with Crippen molar-refractivity contribution in [1.82, 2.24) is 10.2 Å². The van der Waals surface area contributed by atoms with Crippen molar-refractivity contribution in [3.63, 3.8) is 0 Å². The molecule has 1 aliphatic rings. The van der Waals surface area contributed by atoms with Gasteiger partial charge in [0.25, 0.3) is 5.91 Å². The van der Waals surface area contributed by atoms with Crippen molar-refractivity contribution >= 4 is 17.5 Å². The Morgan fingerprint density at radius 1 is 1.50 bits per heavy atom. The Bertz CT molecular complexity index is 408. The smallest absolute Gasteiger partial charge is 0.258 e. The van der Waals surface area contributed by atoms with Crippen LogP contribution in [0.25, 0.3) is 0 Å². The van der Waals surface area contributed by atoms with Crippen LogP contribution < -0.4 is 10.1 Å². The first kappa shape index (κ1) is 13.2. The number of likely N-dealkylation sites (N-methyl/N-ethyl adjacent to an activating group) is 1. The van der Waals surface area contributed by atoms with Crippen LogP contribution in [0.4, 0.5) is 0 Å². The number of likely N-dealkylation sites (tertiary alicyclic amines) is 1. The minimum absolute atomic E-state index is 0.0435. The molecular weight excluding hydrogens is 252 g/mol. The highest BCUT2D eigenvalue weighted by molar-refractivity contribution is 6.30. The molecule has 0 saturated carbocycles. The van der Waals surface area contributed by atoms with E-state index in [1.54, 1.807) is 24.3 Å². The average Bonchev–Trinajstić information content (AvgIpc) is 2.74. The fourth-order valence-electron chi connectivity index (χ4n) is 2.00. The average molecular weight is 269 g/mol. The van der Waals surface area contributed by atoms with E-state index in [-0.39, 0.29) is 18.6 Å². The van der Waals surface area contributed by atoms with Gasteiger partial charge < -0.3 is 15.0 Å². The third kappa shape index (κ3) is 3.89. The first-order chi connectivity index (χ1) is 8.63. The molecule has 0 unspecified atom stereocenters. The number of benzene rings is 1. The molecule has 1 N–H and O–H groups in total. The van der Waals surface area contributed by atoms with Crippen molar-refractivity contribution in [3.8, 4) is 5.75 Å². The van der Waals surface area contributed by atoms with Crippen molar-refractivity contribution in [2.75, 3.05) is 26.7 Å². The molecule has 1 heterocycles. The topological polar surface area (TPSA) is 41.6 Å². The third-order valence-electron chi connectivity index (χ3n) is 2.94. The van der Waals surface area contributed by atoms with Gasteiger partial charge in [-0.1, -0.05) is 11.6 Å². The van der Waals surface area contributed by atoms with Gasteiger partial charge in [0, 0.05) is 17.6 Å². The zero-order valence-corrected chi connectivity index (χ0v) is 11.1. The Labute approximate surface area is 112 Å². The molecule has 1 aromatic carbocycles. The van der Waals surface area contributed by atoms with Gasteiger partial charge in [0.1, 0.15) is 5.75 Å². The highest BCUT2D eigenvalue weighted by Crippen LogP contribution is 2.15. The zero-order valence-electron chi connectivity index (χ0n) is 10.4. The summed E-state index contributed by atoms with van der Waals surface area (Å²) in [6.07, 6.45) is 1.00. The van der Waals surface area contributed by atoms with Gasteiger partial charge in [-0.15, -0.1) is 0 Å². The summed E-state index contributed by atoms with van der Waals surface area (Å²) in [4.78, 5) is 13.9. The van der Waals surface area contributed by atoms with E-state index in [0.717, 1.165) is 19.5 Å². The van der Waals surface area contributed by atoms with Crippen LogP contribution in [0, 0.1) is 0 Å². The van der Waals surface area contributed by atoms with Gasteiger partial charge in [-0.2, -0.15) is 0 Å². The van der Waals surface area contributed by atoms with Gasteiger partial charge in [0.15, 0.2) is 6.61 Å².